The first kappa shape index (κ1) is 13.7. The van der Waals surface area contributed by atoms with Gasteiger partial charge in [-0.05, 0) is 24.8 Å². The summed E-state index contributed by atoms with van der Waals surface area (Å²) in [5.41, 5.74) is 6.58. The van der Waals surface area contributed by atoms with E-state index in [1.807, 2.05) is 6.07 Å². The van der Waals surface area contributed by atoms with E-state index in [9.17, 15) is 4.79 Å². The van der Waals surface area contributed by atoms with Crippen LogP contribution in [0.5, 0.6) is 0 Å². The molecule has 0 bridgehead atoms. The standard InChI is InChI=1S/C12H22N4O/c1-12(2,3)8-9-7-10(16-15-9)14-11(17)5-4-6-13/h7H,4-6,8,13H2,1-3H3,(H2,14,15,16,17). The van der Waals surface area contributed by atoms with Crippen LogP contribution in [0.2, 0.25) is 0 Å². The van der Waals surface area contributed by atoms with E-state index in [1.54, 1.807) is 0 Å². The third-order valence-corrected chi connectivity index (χ3v) is 2.23. The number of anilines is 1. The molecule has 5 nitrogen and oxygen atoms in total. The van der Waals surface area contributed by atoms with Gasteiger partial charge in [0.05, 0.1) is 0 Å². The van der Waals surface area contributed by atoms with Gasteiger partial charge in [0.1, 0.15) is 0 Å². The Morgan fingerprint density at radius 2 is 2.24 bits per heavy atom. The molecule has 0 saturated heterocycles. The average molecular weight is 238 g/mol. The third kappa shape index (κ3) is 5.49. The van der Waals surface area contributed by atoms with Crippen LogP contribution in [0.25, 0.3) is 0 Å². The van der Waals surface area contributed by atoms with Crippen LogP contribution in [0.3, 0.4) is 0 Å². The van der Waals surface area contributed by atoms with E-state index in [0.29, 0.717) is 25.2 Å². The molecule has 0 aromatic carbocycles. The van der Waals surface area contributed by atoms with Crippen LogP contribution in [0, 0.1) is 5.41 Å². The molecule has 4 N–H and O–H groups in total. The molecule has 1 rings (SSSR count). The van der Waals surface area contributed by atoms with Crippen molar-refractivity contribution in [3.05, 3.63) is 11.8 Å². The Morgan fingerprint density at radius 3 is 2.82 bits per heavy atom. The van der Waals surface area contributed by atoms with Crippen LogP contribution in [0.1, 0.15) is 39.3 Å². The molecule has 17 heavy (non-hydrogen) atoms. The van der Waals surface area contributed by atoms with Gasteiger partial charge in [-0.2, -0.15) is 5.10 Å². The molecule has 0 aliphatic heterocycles. The molecule has 0 radical (unpaired) electrons. The van der Waals surface area contributed by atoms with E-state index in [4.69, 9.17) is 5.73 Å². The van der Waals surface area contributed by atoms with Crippen LogP contribution in [-0.2, 0) is 11.2 Å². The quantitative estimate of drug-likeness (QED) is 0.729. The van der Waals surface area contributed by atoms with Crippen LogP contribution < -0.4 is 11.1 Å². The van der Waals surface area contributed by atoms with Crippen molar-refractivity contribution in [1.82, 2.24) is 10.2 Å². The molecule has 5 heteroatoms. The Bertz CT molecular complexity index is 365. The first-order valence-corrected chi connectivity index (χ1v) is 5.95. The first-order valence-electron chi connectivity index (χ1n) is 5.95. The monoisotopic (exact) mass is 238 g/mol. The highest BCUT2D eigenvalue weighted by Gasteiger charge is 2.13. The summed E-state index contributed by atoms with van der Waals surface area (Å²) in [5, 5.41) is 9.74. The van der Waals surface area contributed by atoms with Crippen molar-refractivity contribution in [2.45, 2.75) is 40.0 Å². The Kier molecular flexibility index (Phi) is 4.69. The molecule has 96 valence electrons. The van der Waals surface area contributed by atoms with Crippen molar-refractivity contribution in [2.24, 2.45) is 11.1 Å². The summed E-state index contributed by atoms with van der Waals surface area (Å²) in [5.74, 6) is 0.551. The maximum Gasteiger partial charge on any atom is 0.225 e. The molecule has 1 aromatic heterocycles. The highest BCUT2D eigenvalue weighted by molar-refractivity contribution is 5.89. The molecule has 0 aliphatic carbocycles. The number of nitrogens with zero attached hydrogens (tertiary/aromatic N) is 1. The van der Waals surface area contributed by atoms with Crippen molar-refractivity contribution < 1.29 is 4.79 Å². The molecule has 0 unspecified atom stereocenters. The highest BCUT2D eigenvalue weighted by atomic mass is 16.1. The lowest BCUT2D eigenvalue weighted by Gasteiger charge is -2.15. The maximum atomic E-state index is 11.4. The zero-order valence-electron chi connectivity index (χ0n) is 10.8. The van der Waals surface area contributed by atoms with Gasteiger partial charge in [-0.25, -0.2) is 0 Å². The van der Waals surface area contributed by atoms with Gasteiger partial charge in [0.15, 0.2) is 5.82 Å². The van der Waals surface area contributed by atoms with Crippen molar-refractivity contribution in [1.29, 1.82) is 0 Å². The van der Waals surface area contributed by atoms with Crippen LogP contribution in [-0.4, -0.2) is 22.6 Å². The molecule has 1 amide bonds. The van der Waals surface area contributed by atoms with Gasteiger partial charge in [-0.3, -0.25) is 9.89 Å². The molecule has 1 heterocycles. The number of hydrogen-bond donors (Lipinski definition) is 3. The first-order chi connectivity index (χ1) is 7.90. The molecule has 1 aromatic rings. The topological polar surface area (TPSA) is 83.8 Å². The number of H-pyrrole nitrogens is 1. The number of carbonyl (C=O) groups is 1. The minimum atomic E-state index is -0.0377. The van der Waals surface area contributed by atoms with Gasteiger partial charge in [-0.1, -0.05) is 20.8 Å². The predicted octanol–water partition coefficient (Wildman–Crippen LogP) is 1.68. The minimum Gasteiger partial charge on any atom is -0.330 e. The molecule has 0 aliphatic rings. The van der Waals surface area contributed by atoms with Crippen molar-refractivity contribution in [2.75, 3.05) is 11.9 Å². The van der Waals surface area contributed by atoms with Gasteiger partial charge >= 0.3 is 0 Å². The van der Waals surface area contributed by atoms with Crippen molar-refractivity contribution in [3.8, 4) is 0 Å². The fraction of sp³-hybridized carbons (Fsp3) is 0.667. The summed E-state index contributed by atoms with van der Waals surface area (Å²) in [6, 6.07) is 1.88. The number of rotatable bonds is 5. The van der Waals surface area contributed by atoms with Crippen LogP contribution in [0.4, 0.5) is 5.82 Å². The Labute approximate surface area is 102 Å². The fourth-order valence-corrected chi connectivity index (χ4v) is 1.56. The van der Waals surface area contributed by atoms with E-state index < -0.39 is 0 Å². The molecule has 0 saturated carbocycles. The minimum absolute atomic E-state index is 0.0377. The van der Waals surface area contributed by atoms with E-state index in [0.717, 1.165) is 12.1 Å². The number of aromatic nitrogens is 2. The fourth-order valence-electron chi connectivity index (χ4n) is 1.56. The number of nitrogens with one attached hydrogen (secondary N) is 2. The maximum absolute atomic E-state index is 11.4. The summed E-state index contributed by atoms with van der Waals surface area (Å²) < 4.78 is 0. The number of hydrogen-bond acceptors (Lipinski definition) is 3. The second-order valence-electron chi connectivity index (χ2n) is 5.46. The van der Waals surface area contributed by atoms with Gasteiger partial charge in [-0.15, -0.1) is 0 Å². The van der Waals surface area contributed by atoms with Crippen LogP contribution in [0.15, 0.2) is 6.07 Å². The average Bonchev–Trinajstić information content (AvgIpc) is 2.59. The van der Waals surface area contributed by atoms with Gasteiger partial charge in [0.25, 0.3) is 0 Å². The summed E-state index contributed by atoms with van der Waals surface area (Å²) in [6.45, 7) is 7.01. The van der Waals surface area contributed by atoms with Gasteiger partial charge in [0, 0.05) is 18.2 Å². The summed E-state index contributed by atoms with van der Waals surface area (Å²) in [7, 11) is 0. The van der Waals surface area contributed by atoms with Gasteiger partial charge in [0.2, 0.25) is 5.91 Å². The highest BCUT2D eigenvalue weighted by Crippen LogP contribution is 2.20. The number of amides is 1. The van der Waals surface area contributed by atoms with E-state index in [1.165, 1.54) is 0 Å². The van der Waals surface area contributed by atoms with Crippen molar-refractivity contribution >= 4 is 11.7 Å². The SMILES string of the molecule is CC(C)(C)Cc1cc(NC(=O)CCCN)n[nH]1. The lowest BCUT2D eigenvalue weighted by atomic mass is 9.91. The molecule has 0 fully saturated rings. The normalized spacial score (nSPS) is 11.5. The summed E-state index contributed by atoms with van der Waals surface area (Å²) in [4.78, 5) is 11.4. The molecular weight excluding hydrogens is 216 g/mol. The molecule has 0 spiro atoms. The van der Waals surface area contributed by atoms with Crippen molar-refractivity contribution in [3.63, 3.8) is 0 Å². The second-order valence-corrected chi connectivity index (χ2v) is 5.46. The molecule has 0 atom stereocenters. The number of carbonyl (C=O) groups excluding carboxylic acids is 1. The number of nitrogens with two attached hydrogens (primary N) is 1. The van der Waals surface area contributed by atoms with E-state index >= 15 is 0 Å². The van der Waals surface area contributed by atoms with E-state index in [2.05, 4.69) is 36.3 Å². The number of aromatic amines is 1. The Morgan fingerprint density at radius 1 is 1.53 bits per heavy atom. The lowest BCUT2D eigenvalue weighted by molar-refractivity contribution is -0.116. The summed E-state index contributed by atoms with van der Waals surface area (Å²) in [6.07, 6.45) is 2.04. The predicted molar refractivity (Wildman–Crippen MR) is 68.7 cm³/mol. The zero-order chi connectivity index (χ0) is 12.9. The third-order valence-electron chi connectivity index (χ3n) is 2.23. The Balaban J connectivity index is 2.48. The summed E-state index contributed by atoms with van der Waals surface area (Å²) >= 11 is 0. The molecular formula is C12H22N4O. The second kappa shape index (κ2) is 5.82. The van der Waals surface area contributed by atoms with Gasteiger partial charge < -0.3 is 11.1 Å². The largest absolute Gasteiger partial charge is 0.330 e. The Hall–Kier alpha value is -1.36. The van der Waals surface area contributed by atoms with Crippen LogP contribution >= 0.6 is 0 Å². The van der Waals surface area contributed by atoms with E-state index in [-0.39, 0.29) is 11.3 Å². The zero-order valence-corrected chi connectivity index (χ0v) is 10.8. The smallest absolute Gasteiger partial charge is 0.225 e. The lowest BCUT2D eigenvalue weighted by Crippen LogP contribution is -2.13.